The lowest BCUT2D eigenvalue weighted by molar-refractivity contribution is -0.380. The van der Waals surface area contributed by atoms with Crippen molar-refractivity contribution >= 4 is 44.1 Å². The highest BCUT2D eigenvalue weighted by atomic mass is 32.1. The van der Waals surface area contributed by atoms with Crippen LogP contribution in [-0.2, 0) is 6.54 Å². The number of aromatic nitrogens is 1. The number of nitro groups is 1. The summed E-state index contributed by atoms with van der Waals surface area (Å²) in [5.74, 6) is -0.156. The summed E-state index contributed by atoms with van der Waals surface area (Å²) in [7, 11) is 0. The van der Waals surface area contributed by atoms with Gasteiger partial charge in [-0.25, -0.2) is 4.98 Å². The van der Waals surface area contributed by atoms with E-state index in [1.54, 1.807) is 12.1 Å². The van der Waals surface area contributed by atoms with Crippen LogP contribution in [0, 0.1) is 10.1 Å². The van der Waals surface area contributed by atoms with Gasteiger partial charge in [-0.3, -0.25) is 19.8 Å². The van der Waals surface area contributed by atoms with Crippen LogP contribution in [-0.4, -0.2) is 40.3 Å². The van der Waals surface area contributed by atoms with Gasteiger partial charge in [0.2, 0.25) is 0 Å². The minimum Gasteiger partial charge on any atom is -0.351 e. The van der Waals surface area contributed by atoms with Crippen molar-refractivity contribution in [3.63, 3.8) is 0 Å². The van der Waals surface area contributed by atoms with E-state index < -0.39 is 0 Å². The molecule has 1 amide bonds. The number of rotatable bonds is 8. The molecule has 0 aliphatic heterocycles. The van der Waals surface area contributed by atoms with Gasteiger partial charge in [-0.05, 0) is 30.8 Å². The molecule has 0 bridgehead atoms. The molecule has 0 radical (unpaired) electrons. The third-order valence-electron chi connectivity index (χ3n) is 5.16. The van der Waals surface area contributed by atoms with Gasteiger partial charge in [0.15, 0.2) is 0 Å². The zero-order valence-corrected chi connectivity index (χ0v) is 17.9. The first-order chi connectivity index (χ1) is 15.0. The van der Waals surface area contributed by atoms with Crippen LogP contribution in [0.4, 0.5) is 5.00 Å². The molecule has 0 saturated carbocycles. The van der Waals surface area contributed by atoms with Gasteiger partial charge in [0.25, 0.3) is 5.91 Å². The predicted molar refractivity (Wildman–Crippen MR) is 124 cm³/mol. The van der Waals surface area contributed by atoms with Crippen LogP contribution in [0.15, 0.2) is 60.7 Å². The van der Waals surface area contributed by atoms with Gasteiger partial charge in [-0.15, -0.1) is 0 Å². The van der Waals surface area contributed by atoms with Gasteiger partial charge in [-0.1, -0.05) is 48.6 Å². The summed E-state index contributed by atoms with van der Waals surface area (Å²) in [6.45, 7) is 4.55. The van der Waals surface area contributed by atoms with Crippen molar-refractivity contribution in [2.75, 3.05) is 19.6 Å². The third kappa shape index (κ3) is 4.70. The lowest BCUT2D eigenvalue weighted by atomic mass is 10.1. The fourth-order valence-corrected chi connectivity index (χ4v) is 4.39. The Morgan fingerprint density at radius 2 is 1.94 bits per heavy atom. The Labute approximate surface area is 183 Å². The number of carbonyl (C=O) groups excluding carboxylic acids is 1. The molecule has 2 heterocycles. The summed E-state index contributed by atoms with van der Waals surface area (Å²) < 4.78 is 0. The molecule has 0 spiro atoms. The first-order valence-corrected chi connectivity index (χ1v) is 10.9. The number of fused-ring (bicyclic) bond motifs is 2. The van der Waals surface area contributed by atoms with E-state index in [4.69, 9.17) is 4.98 Å². The predicted octanol–water partition coefficient (Wildman–Crippen LogP) is 4.61. The molecule has 0 fully saturated rings. The zero-order chi connectivity index (χ0) is 21.8. The molecule has 0 atom stereocenters. The molecule has 4 aromatic rings. The number of amides is 1. The second-order valence-electron chi connectivity index (χ2n) is 7.18. The van der Waals surface area contributed by atoms with Crippen LogP contribution >= 0.6 is 11.3 Å². The summed E-state index contributed by atoms with van der Waals surface area (Å²) in [5.41, 5.74) is 2.11. The summed E-state index contributed by atoms with van der Waals surface area (Å²) in [5, 5.41) is 16.0. The van der Waals surface area contributed by atoms with Crippen molar-refractivity contribution in [1.82, 2.24) is 15.2 Å². The maximum absolute atomic E-state index is 12.9. The molecule has 158 valence electrons. The quantitative estimate of drug-likeness (QED) is 0.249. The fourth-order valence-electron chi connectivity index (χ4n) is 3.53. The van der Waals surface area contributed by atoms with Gasteiger partial charge < -0.3 is 5.32 Å². The normalized spacial score (nSPS) is 11.3. The number of carbonyl (C=O) groups is 1. The van der Waals surface area contributed by atoms with E-state index in [9.17, 15) is 14.9 Å². The number of benzene rings is 2. The van der Waals surface area contributed by atoms with Crippen molar-refractivity contribution in [2.24, 2.45) is 0 Å². The van der Waals surface area contributed by atoms with Crippen LogP contribution in [0.25, 0.3) is 21.8 Å². The molecular weight excluding hydrogens is 412 g/mol. The van der Waals surface area contributed by atoms with E-state index in [1.807, 2.05) is 49.4 Å². The molecule has 2 aromatic carbocycles. The average molecular weight is 435 g/mol. The van der Waals surface area contributed by atoms with Crippen LogP contribution in [0.5, 0.6) is 0 Å². The molecule has 7 nitrogen and oxygen atoms in total. The van der Waals surface area contributed by atoms with Gasteiger partial charge in [0.05, 0.1) is 21.5 Å². The highest BCUT2D eigenvalue weighted by Gasteiger charge is 2.14. The number of likely N-dealkylation sites (N-methyl/N-ethyl adjacent to an activating group) is 1. The molecule has 4 rings (SSSR count). The summed E-state index contributed by atoms with van der Waals surface area (Å²) >= 11 is 1.19. The topological polar surface area (TPSA) is 88.4 Å². The Morgan fingerprint density at radius 3 is 2.71 bits per heavy atom. The van der Waals surface area contributed by atoms with Crippen molar-refractivity contribution in [3.8, 4) is 0 Å². The molecule has 31 heavy (non-hydrogen) atoms. The lowest BCUT2D eigenvalue weighted by Gasteiger charge is -2.19. The highest BCUT2D eigenvalue weighted by molar-refractivity contribution is 7.15. The molecule has 0 aliphatic carbocycles. The van der Waals surface area contributed by atoms with Crippen molar-refractivity contribution in [2.45, 2.75) is 13.5 Å². The number of hydrogen-bond acceptors (Lipinski definition) is 6. The molecule has 0 saturated heterocycles. The van der Waals surface area contributed by atoms with Crippen molar-refractivity contribution in [1.29, 1.82) is 0 Å². The molecule has 2 aromatic heterocycles. The first kappa shape index (κ1) is 20.9. The van der Waals surface area contributed by atoms with Crippen LogP contribution in [0.2, 0.25) is 0 Å². The van der Waals surface area contributed by atoms with Gasteiger partial charge >= 0.3 is 5.00 Å². The lowest BCUT2D eigenvalue weighted by Crippen LogP contribution is -2.34. The first-order valence-electron chi connectivity index (χ1n) is 10.1. The Bertz CT molecular complexity index is 1250. The van der Waals surface area contributed by atoms with Gasteiger partial charge in [0, 0.05) is 41.4 Å². The fraction of sp³-hybridized carbons (Fsp3) is 0.217. The second kappa shape index (κ2) is 9.20. The smallest absolute Gasteiger partial charge is 0.324 e. The number of para-hydroxylation sites is 2. The minimum atomic E-state index is -0.369. The van der Waals surface area contributed by atoms with E-state index in [-0.39, 0.29) is 15.8 Å². The largest absolute Gasteiger partial charge is 0.351 e. The monoisotopic (exact) mass is 434 g/mol. The van der Waals surface area contributed by atoms with E-state index >= 15 is 0 Å². The summed E-state index contributed by atoms with van der Waals surface area (Å²) in [6.07, 6.45) is 0. The SMILES string of the molecule is CCN(CCNC(=O)c1cccc2cc3ccccc3nc12)Cc1ccc([N+](=O)[O-])s1. The molecule has 1 N–H and O–H groups in total. The van der Waals surface area contributed by atoms with Crippen LogP contribution in [0.3, 0.4) is 0 Å². The number of nitrogens with zero attached hydrogens (tertiary/aromatic N) is 3. The Morgan fingerprint density at radius 1 is 1.13 bits per heavy atom. The Kier molecular flexibility index (Phi) is 6.20. The number of pyridine rings is 1. The van der Waals surface area contributed by atoms with Gasteiger partial charge in [0.1, 0.15) is 0 Å². The van der Waals surface area contributed by atoms with Crippen molar-refractivity contribution in [3.05, 3.63) is 81.2 Å². The van der Waals surface area contributed by atoms with E-state index in [0.29, 0.717) is 30.7 Å². The summed E-state index contributed by atoms with van der Waals surface area (Å²) in [6, 6.07) is 18.9. The van der Waals surface area contributed by atoms with Crippen molar-refractivity contribution < 1.29 is 9.72 Å². The molecule has 8 heteroatoms. The third-order valence-corrected chi connectivity index (χ3v) is 6.18. The number of hydrogen-bond donors (Lipinski definition) is 1. The molecule has 0 unspecified atom stereocenters. The molecular formula is C23H22N4O3S. The summed E-state index contributed by atoms with van der Waals surface area (Å²) in [4.78, 5) is 31.1. The number of thiophene rings is 1. The zero-order valence-electron chi connectivity index (χ0n) is 17.1. The average Bonchev–Trinajstić information content (AvgIpc) is 3.25. The van der Waals surface area contributed by atoms with Crippen LogP contribution in [0.1, 0.15) is 22.2 Å². The minimum absolute atomic E-state index is 0.148. The van der Waals surface area contributed by atoms with E-state index in [1.165, 1.54) is 17.4 Å². The Balaban J connectivity index is 1.42. The second-order valence-corrected chi connectivity index (χ2v) is 8.33. The Hall–Kier alpha value is -3.36. The standard InChI is InChI=1S/C23H22N4O3S/c1-2-26(15-18-10-11-21(31-18)27(29)30)13-12-24-23(28)19-8-5-7-17-14-16-6-3-4-9-20(16)25-22(17)19/h3-11,14H,2,12-13,15H2,1H3,(H,24,28). The molecule has 0 aliphatic rings. The van der Waals surface area contributed by atoms with E-state index in [2.05, 4.69) is 10.2 Å². The maximum atomic E-state index is 12.9. The van der Waals surface area contributed by atoms with E-state index in [0.717, 1.165) is 27.7 Å². The highest BCUT2D eigenvalue weighted by Crippen LogP contribution is 2.25. The van der Waals surface area contributed by atoms with Crippen LogP contribution < -0.4 is 5.32 Å². The maximum Gasteiger partial charge on any atom is 0.324 e. The van der Waals surface area contributed by atoms with Gasteiger partial charge in [-0.2, -0.15) is 0 Å². The number of nitrogens with one attached hydrogen (secondary N) is 1.